The van der Waals surface area contributed by atoms with Gasteiger partial charge >= 0.3 is 0 Å². The van der Waals surface area contributed by atoms with Crippen LogP contribution >= 0.6 is 0 Å². The largest absolute Gasteiger partial charge is 0.353 e. The van der Waals surface area contributed by atoms with E-state index in [9.17, 15) is 18.0 Å². The van der Waals surface area contributed by atoms with Crippen LogP contribution in [0.4, 0.5) is 19.0 Å². The number of piperazine rings is 1. The van der Waals surface area contributed by atoms with Crippen LogP contribution in [0.25, 0.3) is 0 Å². The van der Waals surface area contributed by atoms with Crippen LogP contribution in [0.5, 0.6) is 0 Å². The van der Waals surface area contributed by atoms with E-state index in [2.05, 4.69) is 15.0 Å². The second kappa shape index (κ2) is 13.3. The highest BCUT2D eigenvalue weighted by Crippen LogP contribution is 2.15. The number of aromatic nitrogens is 1. The Morgan fingerprint density at radius 1 is 0.865 bits per heavy atom. The van der Waals surface area contributed by atoms with E-state index in [-0.39, 0.29) is 23.4 Å². The Balaban J connectivity index is 0.000000208. The fourth-order valence-corrected chi connectivity index (χ4v) is 3.73. The van der Waals surface area contributed by atoms with Crippen molar-refractivity contribution in [2.24, 2.45) is 9.98 Å². The van der Waals surface area contributed by atoms with Gasteiger partial charge in [-0.15, -0.1) is 0 Å². The summed E-state index contributed by atoms with van der Waals surface area (Å²) in [5.41, 5.74) is 2.26. The van der Waals surface area contributed by atoms with E-state index in [1.807, 2.05) is 23.6 Å². The maximum Gasteiger partial charge on any atom is 0.222 e. The average Bonchev–Trinajstić information content (AvgIpc) is 2.92. The summed E-state index contributed by atoms with van der Waals surface area (Å²) in [6.07, 6.45) is 2.01. The smallest absolute Gasteiger partial charge is 0.222 e. The number of nitrogens with zero attached hydrogens (tertiary/aromatic N) is 5. The summed E-state index contributed by atoms with van der Waals surface area (Å²) in [6.45, 7) is 6.48. The summed E-state index contributed by atoms with van der Waals surface area (Å²) in [7, 11) is 1.63. The lowest BCUT2D eigenvalue weighted by molar-refractivity contribution is -0.131. The van der Waals surface area contributed by atoms with E-state index in [0.29, 0.717) is 44.3 Å². The molecule has 1 aromatic heterocycles. The van der Waals surface area contributed by atoms with E-state index in [1.165, 1.54) is 42.6 Å². The van der Waals surface area contributed by atoms with Crippen LogP contribution in [-0.4, -0.2) is 60.6 Å². The number of halogens is 3. The second-order valence-electron chi connectivity index (χ2n) is 8.31. The number of carbonyl (C=O) groups excluding carboxylic acids is 1. The van der Waals surface area contributed by atoms with Crippen molar-refractivity contribution in [2.45, 2.75) is 20.3 Å². The number of aliphatic imine (C=N–C) groups is 2. The molecule has 0 saturated carbocycles. The molecule has 0 N–H and O–H groups in total. The molecule has 0 aliphatic carbocycles. The Kier molecular flexibility index (Phi) is 9.94. The molecule has 1 fully saturated rings. The van der Waals surface area contributed by atoms with Crippen molar-refractivity contribution in [3.8, 4) is 0 Å². The minimum absolute atomic E-state index is 0.178. The van der Waals surface area contributed by atoms with E-state index in [0.717, 1.165) is 16.8 Å². The Labute approximate surface area is 215 Å². The standard InChI is InChI=1S/C16H14F2N2.C12H16FN3O/c1-11(12-3-7-14(17)8-4-12)20-16(19-2)13-5-9-15(18)10-6-13;1-2-12(17)16-7-5-15(6-8-16)11-9-10(13)3-4-14-11/h3-10H,1-2H3;3-4,9H,2,5-8H2,1H3. The van der Waals surface area contributed by atoms with Gasteiger partial charge in [-0.3, -0.25) is 9.79 Å². The van der Waals surface area contributed by atoms with Crippen LogP contribution in [0.15, 0.2) is 76.8 Å². The Morgan fingerprint density at radius 3 is 1.95 bits per heavy atom. The molecule has 2 heterocycles. The molecule has 4 rings (SSSR count). The Morgan fingerprint density at radius 2 is 1.43 bits per heavy atom. The third kappa shape index (κ3) is 7.99. The molecule has 6 nitrogen and oxygen atoms in total. The molecular formula is C28H30F3N5O. The van der Waals surface area contributed by atoms with Gasteiger partial charge in [0.05, 0.1) is 0 Å². The molecule has 1 aliphatic rings. The predicted octanol–water partition coefficient (Wildman–Crippen LogP) is 5.13. The zero-order valence-electron chi connectivity index (χ0n) is 21.2. The molecule has 37 heavy (non-hydrogen) atoms. The summed E-state index contributed by atoms with van der Waals surface area (Å²) in [6, 6.07) is 14.8. The zero-order valence-corrected chi connectivity index (χ0v) is 21.2. The summed E-state index contributed by atoms with van der Waals surface area (Å²) >= 11 is 0. The van der Waals surface area contributed by atoms with Crippen LogP contribution in [0.2, 0.25) is 0 Å². The molecule has 0 spiro atoms. The molecule has 0 bridgehead atoms. The number of amidine groups is 1. The van der Waals surface area contributed by atoms with Crippen molar-refractivity contribution in [3.63, 3.8) is 0 Å². The maximum absolute atomic E-state index is 13.1. The van der Waals surface area contributed by atoms with E-state index in [4.69, 9.17) is 0 Å². The van der Waals surface area contributed by atoms with Gasteiger partial charge in [0.25, 0.3) is 0 Å². The first-order valence-corrected chi connectivity index (χ1v) is 12.0. The van der Waals surface area contributed by atoms with Gasteiger partial charge in [-0.1, -0.05) is 19.1 Å². The van der Waals surface area contributed by atoms with Crippen LogP contribution in [0.1, 0.15) is 31.4 Å². The Hall–Kier alpha value is -4.01. The van der Waals surface area contributed by atoms with Crippen molar-refractivity contribution < 1.29 is 18.0 Å². The lowest BCUT2D eigenvalue weighted by Gasteiger charge is -2.35. The van der Waals surface area contributed by atoms with Gasteiger partial charge in [0.1, 0.15) is 23.3 Å². The van der Waals surface area contributed by atoms with Crippen molar-refractivity contribution in [3.05, 3.63) is 95.4 Å². The highest BCUT2D eigenvalue weighted by molar-refractivity contribution is 6.11. The SMILES string of the molecule is CCC(=O)N1CCN(c2cc(F)ccn2)CC1.CN=C(N=C(C)c1ccc(F)cc1)c1ccc(F)cc1. The molecule has 0 radical (unpaired) electrons. The van der Waals surface area contributed by atoms with E-state index in [1.54, 1.807) is 31.3 Å². The molecule has 3 aromatic rings. The predicted molar refractivity (Wildman–Crippen MR) is 141 cm³/mol. The van der Waals surface area contributed by atoms with E-state index >= 15 is 0 Å². The van der Waals surface area contributed by atoms with Crippen molar-refractivity contribution in [1.29, 1.82) is 0 Å². The summed E-state index contributed by atoms with van der Waals surface area (Å²) in [5.74, 6) is 0.465. The molecule has 0 unspecified atom stereocenters. The van der Waals surface area contributed by atoms with Gasteiger partial charge in [-0.05, 0) is 55.0 Å². The number of hydrogen-bond donors (Lipinski definition) is 0. The third-order valence-corrected chi connectivity index (χ3v) is 5.82. The number of benzene rings is 2. The number of amides is 1. The van der Waals surface area contributed by atoms with Crippen LogP contribution in [-0.2, 0) is 4.79 Å². The number of anilines is 1. The topological polar surface area (TPSA) is 61.2 Å². The second-order valence-corrected chi connectivity index (χ2v) is 8.31. The lowest BCUT2D eigenvalue weighted by atomic mass is 10.1. The molecule has 1 amide bonds. The number of carbonyl (C=O) groups is 1. The summed E-state index contributed by atoms with van der Waals surface area (Å²) < 4.78 is 38.8. The van der Waals surface area contributed by atoms with Crippen molar-refractivity contribution >= 4 is 23.3 Å². The van der Waals surface area contributed by atoms with Gasteiger partial charge in [0.2, 0.25) is 5.91 Å². The first-order valence-electron chi connectivity index (χ1n) is 12.0. The number of pyridine rings is 1. The number of hydrogen-bond acceptors (Lipinski definition) is 4. The lowest BCUT2D eigenvalue weighted by Crippen LogP contribution is -2.48. The minimum atomic E-state index is -0.302. The van der Waals surface area contributed by atoms with Crippen molar-refractivity contribution in [2.75, 3.05) is 38.1 Å². The van der Waals surface area contributed by atoms with Crippen LogP contribution < -0.4 is 4.90 Å². The average molecular weight is 510 g/mol. The fraction of sp³-hybridized carbons (Fsp3) is 0.286. The van der Waals surface area contributed by atoms with Crippen molar-refractivity contribution in [1.82, 2.24) is 9.88 Å². The van der Waals surface area contributed by atoms with Gasteiger partial charge in [0, 0.05) is 63.2 Å². The summed E-state index contributed by atoms with van der Waals surface area (Å²) in [4.78, 5) is 28.0. The van der Waals surface area contributed by atoms with Gasteiger partial charge in [0.15, 0.2) is 5.84 Å². The first kappa shape index (κ1) is 27.6. The van der Waals surface area contributed by atoms with Gasteiger partial charge in [-0.2, -0.15) is 0 Å². The summed E-state index contributed by atoms with van der Waals surface area (Å²) in [5, 5.41) is 0. The van der Waals surface area contributed by atoms with E-state index < -0.39 is 0 Å². The van der Waals surface area contributed by atoms with Crippen LogP contribution in [0.3, 0.4) is 0 Å². The molecule has 2 aromatic carbocycles. The zero-order chi connectivity index (χ0) is 26.8. The van der Waals surface area contributed by atoms with Gasteiger partial charge in [-0.25, -0.2) is 23.1 Å². The molecule has 1 aliphatic heterocycles. The Bertz CT molecular complexity index is 1240. The number of rotatable bonds is 4. The quantitative estimate of drug-likeness (QED) is 0.362. The highest BCUT2D eigenvalue weighted by Gasteiger charge is 2.20. The molecule has 9 heteroatoms. The minimum Gasteiger partial charge on any atom is -0.353 e. The normalized spacial score (nSPS) is 14.2. The van der Waals surface area contributed by atoms with Gasteiger partial charge < -0.3 is 9.80 Å². The third-order valence-electron chi connectivity index (χ3n) is 5.82. The highest BCUT2D eigenvalue weighted by atomic mass is 19.1. The fourth-order valence-electron chi connectivity index (χ4n) is 3.73. The maximum atomic E-state index is 13.1. The molecule has 194 valence electrons. The monoisotopic (exact) mass is 509 g/mol. The molecule has 1 saturated heterocycles. The molecular weight excluding hydrogens is 479 g/mol. The molecule has 0 atom stereocenters. The first-order chi connectivity index (χ1) is 17.8. The van der Waals surface area contributed by atoms with Crippen LogP contribution in [0, 0.1) is 17.5 Å².